The molecule has 0 bridgehead atoms. The van der Waals surface area contributed by atoms with Crippen molar-refractivity contribution in [2.24, 2.45) is 5.10 Å². The highest BCUT2D eigenvalue weighted by atomic mass is 35.5. The van der Waals surface area contributed by atoms with Crippen molar-refractivity contribution in [3.8, 4) is 0 Å². The summed E-state index contributed by atoms with van der Waals surface area (Å²) in [5.41, 5.74) is 6.09. The van der Waals surface area contributed by atoms with Gasteiger partial charge in [0.1, 0.15) is 0 Å². The van der Waals surface area contributed by atoms with Gasteiger partial charge in [0.2, 0.25) is 0 Å². The van der Waals surface area contributed by atoms with E-state index >= 15 is 0 Å². The lowest BCUT2D eigenvalue weighted by molar-refractivity contribution is 0.866. The molecule has 2 aromatic rings. The highest BCUT2D eigenvalue weighted by molar-refractivity contribution is 6.42. The van der Waals surface area contributed by atoms with Crippen LogP contribution in [0.4, 0.5) is 5.69 Å². The summed E-state index contributed by atoms with van der Waals surface area (Å²) < 4.78 is 0. The number of nitrogens with one attached hydrogen (secondary N) is 1. The van der Waals surface area contributed by atoms with Crippen molar-refractivity contribution in [2.75, 3.05) is 5.43 Å². The number of hydrazone groups is 1. The van der Waals surface area contributed by atoms with Crippen LogP contribution < -0.4 is 5.43 Å². The SMILES string of the molecule is CC(C)c1ccc(/C=N\Nc2ccc(Cl)c(Cl)c2)cc1. The third-order valence-corrected chi connectivity index (χ3v) is 3.67. The van der Waals surface area contributed by atoms with Gasteiger partial charge in [-0.2, -0.15) is 5.10 Å². The molecule has 0 saturated heterocycles. The summed E-state index contributed by atoms with van der Waals surface area (Å²) in [4.78, 5) is 0. The minimum Gasteiger partial charge on any atom is -0.278 e. The zero-order valence-electron chi connectivity index (χ0n) is 11.4. The predicted octanol–water partition coefficient (Wildman–Crippen LogP) is 5.56. The molecule has 0 fully saturated rings. The van der Waals surface area contributed by atoms with E-state index in [-0.39, 0.29) is 0 Å². The minimum atomic E-state index is 0.508. The summed E-state index contributed by atoms with van der Waals surface area (Å²) in [6.07, 6.45) is 1.77. The summed E-state index contributed by atoms with van der Waals surface area (Å²) in [5.74, 6) is 0.537. The Morgan fingerprint density at radius 3 is 2.30 bits per heavy atom. The Kier molecular flexibility index (Phi) is 5.05. The standard InChI is InChI=1S/C16H16Cl2N2/c1-11(2)13-5-3-12(4-6-13)10-19-20-14-7-8-15(17)16(18)9-14/h3-11,20H,1-2H3/b19-10-. The average Bonchev–Trinajstić information content (AvgIpc) is 2.43. The van der Waals surface area contributed by atoms with Crippen LogP contribution >= 0.6 is 23.2 Å². The Balaban J connectivity index is 2.00. The van der Waals surface area contributed by atoms with Crippen molar-refractivity contribution in [3.63, 3.8) is 0 Å². The third-order valence-electron chi connectivity index (χ3n) is 2.93. The highest BCUT2D eigenvalue weighted by Gasteiger charge is 1.99. The number of halogens is 2. The van der Waals surface area contributed by atoms with Crippen molar-refractivity contribution in [2.45, 2.75) is 19.8 Å². The maximum absolute atomic E-state index is 5.93. The van der Waals surface area contributed by atoms with E-state index in [4.69, 9.17) is 23.2 Å². The fourth-order valence-electron chi connectivity index (χ4n) is 1.71. The van der Waals surface area contributed by atoms with E-state index in [1.807, 2.05) is 6.07 Å². The first-order valence-corrected chi connectivity index (χ1v) is 7.16. The smallest absolute Gasteiger partial charge is 0.0613 e. The molecule has 2 aromatic carbocycles. The zero-order chi connectivity index (χ0) is 14.5. The molecule has 0 spiro atoms. The van der Waals surface area contributed by atoms with Crippen LogP contribution in [0, 0.1) is 0 Å². The molecular weight excluding hydrogens is 291 g/mol. The van der Waals surface area contributed by atoms with E-state index in [0.29, 0.717) is 16.0 Å². The van der Waals surface area contributed by atoms with Gasteiger partial charge in [0.05, 0.1) is 21.9 Å². The second kappa shape index (κ2) is 6.78. The quantitative estimate of drug-likeness (QED) is 0.580. The predicted molar refractivity (Wildman–Crippen MR) is 88.2 cm³/mol. The summed E-state index contributed by atoms with van der Waals surface area (Å²) >= 11 is 11.8. The number of hydrogen-bond donors (Lipinski definition) is 1. The number of benzene rings is 2. The molecule has 2 rings (SSSR count). The monoisotopic (exact) mass is 306 g/mol. The van der Waals surface area contributed by atoms with Gasteiger partial charge in [-0.05, 0) is 35.2 Å². The Hall–Kier alpha value is -1.51. The van der Waals surface area contributed by atoms with Crippen molar-refractivity contribution in [1.82, 2.24) is 0 Å². The molecule has 0 aromatic heterocycles. The van der Waals surface area contributed by atoms with Crippen LogP contribution in [-0.4, -0.2) is 6.21 Å². The van der Waals surface area contributed by atoms with E-state index in [1.54, 1.807) is 18.3 Å². The van der Waals surface area contributed by atoms with Gasteiger partial charge in [0.15, 0.2) is 0 Å². The molecular formula is C16H16Cl2N2. The number of anilines is 1. The van der Waals surface area contributed by atoms with E-state index in [9.17, 15) is 0 Å². The van der Waals surface area contributed by atoms with Crippen LogP contribution in [0.2, 0.25) is 10.0 Å². The zero-order valence-corrected chi connectivity index (χ0v) is 12.9. The Labute approximate surface area is 129 Å². The topological polar surface area (TPSA) is 24.4 Å². The molecule has 0 atom stereocenters. The second-order valence-corrected chi connectivity index (χ2v) is 5.63. The van der Waals surface area contributed by atoms with Gasteiger partial charge in [-0.15, -0.1) is 0 Å². The van der Waals surface area contributed by atoms with Crippen molar-refractivity contribution >= 4 is 35.1 Å². The Morgan fingerprint density at radius 2 is 1.70 bits per heavy atom. The van der Waals surface area contributed by atoms with Crippen LogP contribution in [0.15, 0.2) is 47.6 Å². The molecule has 4 heteroatoms. The van der Waals surface area contributed by atoms with Crippen LogP contribution in [0.25, 0.3) is 0 Å². The lowest BCUT2D eigenvalue weighted by Crippen LogP contribution is -1.92. The molecule has 0 heterocycles. The largest absolute Gasteiger partial charge is 0.278 e. The van der Waals surface area contributed by atoms with Crippen molar-refractivity contribution in [3.05, 3.63) is 63.6 Å². The molecule has 0 amide bonds. The van der Waals surface area contributed by atoms with Gasteiger partial charge in [-0.3, -0.25) is 5.43 Å². The highest BCUT2D eigenvalue weighted by Crippen LogP contribution is 2.24. The van der Waals surface area contributed by atoms with Gasteiger partial charge in [-0.25, -0.2) is 0 Å². The maximum Gasteiger partial charge on any atom is 0.0613 e. The molecule has 104 valence electrons. The molecule has 20 heavy (non-hydrogen) atoms. The van der Waals surface area contributed by atoms with Crippen LogP contribution in [0.3, 0.4) is 0 Å². The Bertz CT molecular complexity index is 604. The van der Waals surface area contributed by atoms with Gasteiger partial charge in [-0.1, -0.05) is 61.3 Å². The van der Waals surface area contributed by atoms with Crippen molar-refractivity contribution in [1.29, 1.82) is 0 Å². The molecule has 0 aliphatic carbocycles. The van der Waals surface area contributed by atoms with Gasteiger partial charge in [0.25, 0.3) is 0 Å². The Morgan fingerprint density at radius 1 is 1.00 bits per heavy atom. The fourth-order valence-corrected chi connectivity index (χ4v) is 2.01. The molecule has 0 unspecified atom stereocenters. The third kappa shape index (κ3) is 3.99. The molecule has 0 aliphatic rings. The lowest BCUT2D eigenvalue weighted by atomic mass is 10.0. The number of rotatable bonds is 4. The molecule has 0 saturated carbocycles. The van der Waals surface area contributed by atoms with Crippen LogP contribution in [0.5, 0.6) is 0 Å². The molecule has 0 radical (unpaired) electrons. The molecule has 0 aliphatic heterocycles. The molecule has 1 N–H and O–H groups in total. The first-order chi connectivity index (χ1) is 9.56. The minimum absolute atomic E-state index is 0.508. The van der Waals surface area contributed by atoms with Gasteiger partial charge < -0.3 is 0 Å². The first kappa shape index (κ1) is 14.9. The van der Waals surface area contributed by atoms with E-state index in [2.05, 4.69) is 48.6 Å². The van der Waals surface area contributed by atoms with Crippen molar-refractivity contribution < 1.29 is 0 Å². The maximum atomic E-state index is 5.93. The van der Waals surface area contributed by atoms with Crippen LogP contribution in [-0.2, 0) is 0 Å². The number of hydrogen-bond acceptors (Lipinski definition) is 2. The normalized spacial score (nSPS) is 11.2. The number of nitrogens with zero attached hydrogens (tertiary/aromatic N) is 1. The van der Waals surface area contributed by atoms with Crippen LogP contribution in [0.1, 0.15) is 30.9 Å². The first-order valence-electron chi connectivity index (χ1n) is 6.40. The fraction of sp³-hybridized carbons (Fsp3) is 0.188. The summed E-state index contributed by atoms with van der Waals surface area (Å²) in [6, 6.07) is 13.6. The van der Waals surface area contributed by atoms with Gasteiger partial charge >= 0.3 is 0 Å². The summed E-state index contributed by atoms with van der Waals surface area (Å²) in [6.45, 7) is 4.35. The van der Waals surface area contributed by atoms with Gasteiger partial charge in [0, 0.05) is 0 Å². The van der Waals surface area contributed by atoms with E-state index in [1.165, 1.54) is 5.56 Å². The van der Waals surface area contributed by atoms with E-state index < -0.39 is 0 Å². The van der Waals surface area contributed by atoms with E-state index in [0.717, 1.165) is 11.3 Å². The average molecular weight is 307 g/mol. The summed E-state index contributed by atoms with van der Waals surface area (Å²) in [5, 5.41) is 5.22. The summed E-state index contributed by atoms with van der Waals surface area (Å²) in [7, 11) is 0. The molecule has 2 nitrogen and oxygen atoms in total. The lowest BCUT2D eigenvalue weighted by Gasteiger charge is -2.05. The second-order valence-electron chi connectivity index (χ2n) is 4.82.